The summed E-state index contributed by atoms with van der Waals surface area (Å²) < 4.78 is 10.8. The van der Waals surface area contributed by atoms with Gasteiger partial charge in [-0.3, -0.25) is 0 Å². The van der Waals surface area contributed by atoms with Crippen LogP contribution in [-0.4, -0.2) is 26.8 Å². The summed E-state index contributed by atoms with van der Waals surface area (Å²) >= 11 is 0. The van der Waals surface area contributed by atoms with Crippen LogP contribution >= 0.6 is 0 Å². The van der Waals surface area contributed by atoms with Crippen LogP contribution in [0.15, 0.2) is 30.4 Å². The second-order valence-electron chi connectivity index (χ2n) is 5.94. The Morgan fingerprint density at radius 3 is 2.75 bits per heavy atom. The van der Waals surface area contributed by atoms with Crippen LogP contribution in [0.2, 0.25) is 0 Å². The summed E-state index contributed by atoms with van der Waals surface area (Å²) in [4.78, 5) is 0. The maximum atomic E-state index is 5.47. The van der Waals surface area contributed by atoms with E-state index in [0.29, 0.717) is 6.04 Å². The van der Waals surface area contributed by atoms with Gasteiger partial charge in [0.05, 0.1) is 14.2 Å². The van der Waals surface area contributed by atoms with E-state index in [0.717, 1.165) is 30.9 Å². The number of ether oxygens (including phenoxy) is 2. The van der Waals surface area contributed by atoms with Gasteiger partial charge in [0.15, 0.2) is 11.5 Å². The normalized spacial score (nSPS) is 29.1. The lowest BCUT2D eigenvalue weighted by Gasteiger charge is -2.40. The minimum Gasteiger partial charge on any atom is -0.493 e. The lowest BCUT2D eigenvalue weighted by molar-refractivity contribution is 0.303. The van der Waals surface area contributed by atoms with Crippen molar-refractivity contribution in [1.29, 1.82) is 0 Å². The SMILES string of the molecule is C=C1CC[C@@]2(c3ccc(OC)c(OC)c3)CCN[C@H]2C1. The second kappa shape index (κ2) is 5.13. The van der Waals surface area contributed by atoms with Gasteiger partial charge in [0.1, 0.15) is 0 Å². The van der Waals surface area contributed by atoms with Gasteiger partial charge in [-0.15, -0.1) is 0 Å². The summed E-state index contributed by atoms with van der Waals surface area (Å²) in [5.74, 6) is 1.63. The zero-order chi connectivity index (χ0) is 14.2. The third kappa shape index (κ3) is 2.01. The van der Waals surface area contributed by atoms with E-state index in [-0.39, 0.29) is 5.41 Å². The zero-order valence-electron chi connectivity index (χ0n) is 12.4. The molecule has 0 spiro atoms. The molecule has 1 aromatic rings. The molecule has 1 N–H and O–H groups in total. The van der Waals surface area contributed by atoms with Crippen LogP contribution in [0, 0.1) is 0 Å². The number of rotatable bonds is 3. The van der Waals surface area contributed by atoms with Gasteiger partial charge in [-0.05, 0) is 49.9 Å². The number of fused-ring (bicyclic) bond motifs is 1. The smallest absolute Gasteiger partial charge is 0.161 e. The number of nitrogens with one attached hydrogen (secondary N) is 1. The van der Waals surface area contributed by atoms with Crippen LogP contribution in [0.1, 0.15) is 31.2 Å². The highest BCUT2D eigenvalue weighted by Gasteiger charge is 2.46. The molecule has 2 atom stereocenters. The number of hydrogen-bond donors (Lipinski definition) is 1. The van der Waals surface area contributed by atoms with E-state index in [1.54, 1.807) is 14.2 Å². The maximum Gasteiger partial charge on any atom is 0.161 e. The second-order valence-corrected chi connectivity index (χ2v) is 5.94. The summed E-state index contributed by atoms with van der Waals surface area (Å²) in [6, 6.07) is 6.91. The third-order valence-corrected chi connectivity index (χ3v) is 5.00. The van der Waals surface area contributed by atoms with Crippen LogP contribution in [0.3, 0.4) is 0 Å². The molecule has 0 bridgehead atoms. The summed E-state index contributed by atoms with van der Waals surface area (Å²) in [6.45, 7) is 5.27. The molecule has 1 aliphatic carbocycles. The van der Waals surface area contributed by atoms with Crippen molar-refractivity contribution in [3.05, 3.63) is 35.9 Å². The molecular formula is C17H23NO2. The molecule has 3 nitrogen and oxygen atoms in total. The highest BCUT2D eigenvalue weighted by atomic mass is 16.5. The average molecular weight is 273 g/mol. The Morgan fingerprint density at radius 2 is 2.00 bits per heavy atom. The van der Waals surface area contributed by atoms with Gasteiger partial charge in [0.25, 0.3) is 0 Å². The Labute approximate surface area is 121 Å². The monoisotopic (exact) mass is 273 g/mol. The van der Waals surface area contributed by atoms with E-state index in [1.165, 1.54) is 24.0 Å². The molecule has 1 aliphatic heterocycles. The first kappa shape index (κ1) is 13.5. The van der Waals surface area contributed by atoms with Gasteiger partial charge in [-0.25, -0.2) is 0 Å². The van der Waals surface area contributed by atoms with Crippen LogP contribution in [0.25, 0.3) is 0 Å². The fourth-order valence-electron chi connectivity index (χ4n) is 3.83. The molecule has 2 aliphatic rings. The molecule has 0 aromatic heterocycles. The van der Waals surface area contributed by atoms with Gasteiger partial charge in [0.2, 0.25) is 0 Å². The Balaban J connectivity index is 2.00. The first-order chi connectivity index (χ1) is 9.69. The number of methoxy groups -OCH3 is 2. The Kier molecular flexibility index (Phi) is 3.47. The van der Waals surface area contributed by atoms with Crippen molar-refractivity contribution in [3.63, 3.8) is 0 Å². The molecule has 1 heterocycles. The minimum absolute atomic E-state index is 0.237. The van der Waals surface area contributed by atoms with Crippen molar-refractivity contribution in [2.24, 2.45) is 0 Å². The quantitative estimate of drug-likeness (QED) is 0.859. The predicted octanol–water partition coefficient (Wildman–Crippen LogP) is 3.04. The van der Waals surface area contributed by atoms with E-state index in [9.17, 15) is 0 Å². The van der Waals surface area contributed by atoms with Gasteiger partial charge in [-0.1, -0.05) is 18.2 Å². The van der Waals surface area contributed by atoms with Gasteiger partial charge < -0.3 is 14.8 Å². The summed E-state index contributed by atoms with van der Waals surface area (Å²) in [7, 11) is 3.38. The predicted molar refractivity (Wildman–Crippen MR) is 80.6 cm³/mol. The first-order valence-electron chi connectivity index (χ1n) is 7.32. The molecule has 1 aromatic carbocycles. The molecule has 20 heavy (non-hydrogen) atoms. The summed E-state index contributed by atoms with van der Waals surface area (Å²) in [6.07, 6.45) is 4.60. The van der Waals surface area contributed by atoms with E-state index in [1.807, 2.05) is 6.07 Å². The van der Waals surface area contributed by atoms with Crippen molar-refractivity contribution >= 4 is 0 Å². The third-order valence-electron chi connectivity index (χ3n) is 5.00. The van der Waals surface area contributed by atoms with Crippen LogP contribution in [0.5, 0.6) is 11.5 Å². The molecule has 108 valence electrons. The van der Waals surface area contributed by atoms with E-state index in [2.05, 4.69) is 24.0 Å². The van der Waals surface area contributed by atoms with Crippen molar-refractivity contribution in [3.8, 4) is 11.5 Å². The maximum absolute atomic E-state index is 5.47. The lowest BCUT2D eigenvalue weighted by atomic mass is 9.65. The zero-order valence-corrected chi connectivity index (χ0v) is 12.4. The van der Waals surface area contributed by atoms with E-state index in [4.69, 9.17) is 9.47 Å². The number of hydrogen-bond acceptors (Lipinski definition) is 3. The lowest BCUT2D eigenvalue weighted by Crippen LogP contribution is -2.43. The van der Waals surface area contributed by atoms with E-state index < -0.39 is 0 Å². The Hall–Kier alpha value is -1.48. The molecule has 0 radical (unpaired) electrons. The first-order valence-corrected chi connectivity index (χ1v) is 7.32. The van der Waals surface area contributed by atoms with Crippen molar-refractivity contribution in [2.45, 2.75) is 37.1 Å². The van der Waals surface area contributed by atoms with Gasteiger partial charge >= 0.3 is 0 Å². The Bertz CT molecular complexity index is 526. The minimum atomic E-state index is 0.237. The fraction of sp³-hybridized carbons (Fsp3) is 0.529. The molecule has 0 unspecified atom stereocenters. The van der Waals surface area contributed by atoms with Gasteiger partial charge in [-0.2, -0.15) is 0 Å². The van der Waals surface area contributed by atoms with Crippen molar-refractivity contribution in [1.82, 2.24) is 5.32 Å². The van der Waals surface area contributed by atoms with Crippen LogP contribution in [-0.2, 0) is 5.41 Å². The van der Waals surface area contributed by atoms with Crippen LogP contribution < -0.4 is 14.8 Å². The fourth-order valence-corrected chi connectivity index (χ4v) is 3.83. The highest BCUT2D eigenvalue weighted by Crippen LogP contribution is 2.47. The summed E-state index contributed by atoms with van der Waals surface area (Å²) in [5, 5.41) is 3.66. The molecule has 1 saturated heterocycles. The van der Waals surface area contributed by atoms with E-state index >= 15 is 0 Å². The molecule has 3 heteroatoms. The topological polar surface area (TPSA) is 30.5 Å². The molecule has 0 amide bonds. The molecule has 2 fully saturated rings. The molecule has 1 saturated carbocycles. The Morgan fingerprint density at radius 1 is 1.20 bits per heavy atom. The summed E-state index contributed by atoms with van der Waals surface area (Å²) in [5.41, 5.74) is 2.99. The largest absolute Gasteiger partial charge is 0.493 e. The standard InChI is InChI=1S/C17H23NO2/c1-12-6-7-17(8-9-18-16(17)10-12)13-4-5-14(19-2)15(11-13)20-3/h4-5,11,16,18H,1,6-10H2,2-3H3/t16-,17-/m0/s1. The van der Waals surface area contributed by atoms with Gasteiger partial charge in [0, 0.05) is 11.5 Å². The number of benzene rings is 1. The molecular weight excluding hydrogens is 250 g/mol. The highest BCUT2D eigenvalue weighted by molar-refractivity contribution is 5.47. The van der Waals surface area contributed by atoms with Crippen LogP contribution in [0.4, 0.5) is 0 Å². The van der Waals surface area contributed by atoms with Crippen molar-refractivity contribution < 1.29 is 9.47 Å². The average Bonchev–Trinajstić information content (AvgIpc) is 2.90. The molecule has 3 rings (SSSR count). The van der Waals surface area contributed by atoms with Crippen molar-refractivity contribution in [2.75, 3.05) is 20.8 Å².